The molecule has 1 aliphatic heterocycles. The summed E-state index contributed by atoms with van der Waals surface area (Å²) in [7, 11) is 0. The number of para-hydroxylation sites is 1. The molecular weight excluding hydrogens is 298 g/mol. The first-order valence-corrected chi connectivity index (χ1v) is 8.59. The molecule has 1 saturated carbocycles. The summed E-state index contributed by atoms with van der Waals surface area (Å²) in [6.07, 6.45) is 4.55. The van der Waals surface area contributed by atoms with Crippen LogP contribution < -0.4 is 0 Å². The van der Waals surface area contributed by atoms with Crippen LogP contribution in [0.2, 0.25) is 0 Å². The van der Waals surface area contributed by atoms with E-state index in [0.29, 0.717) is 11.5 Å². The lowest BCUT2D eigenvalue weighted by Gasteiger charge is -2.39. The highest BCUT2D eigenvalue weighted by Gasteiger charge is 2.40. The first-order chi connectivity index (χ1) is 10.8. The highest BCUT2D eigenvalue weighted by atomic mass is 32.1. The maximum absolute atomic E-state index is 11.4. The van der Waals surface area contributed by atoms with E-state index in [0.717, 1.165) is 12.0 Å². The smallest absolute Gasteiger partial charge is 0.275 e. The van der Waals surface area contributed by atoms with Crippen molar-refractivity contribution in [3.05, 3.63) is 61.8 Å². The van der Waals surface area contributed by atoms with Gasteiger partial charge in [0, 0.05) is 16.9 Å². The van der Waals surface area contributed by atoms with Crippen LogP contribution in [0, 0.1) is 10.1 Å². The van der Waals surface area contributed by atoms with Crippen molar-refractivity contribution in [2.45, 2.75) is 43.8 Å². The van der Waals surface area contributed by atoms with Crippen LogP contribution in [0.3, 0.4) is 0 Å². The number of hydrogen-bond donors (Lipinski definition) is 0. The number of nitrogens with zero attached hydrogens (tertiary/aromatic N) is 1. The Balaban J connectivity index is 1.81. The lowest BCUT2D eigenvalue weighted by atomic mass is 9.80. The molecule has 0 amide bonds. The van der Waals surface area contributed by atoms with Gasteiger partial charge < -0.3 is 4.74 Å². The van der Waals surface area contributed by atoms with Gasteiger partial charge in [0.2, 0.25) is 0 Å². The zero-order valence-corrected chi connectivity index (χ0v) is 12.9. The van der Waals surface area contributed by atoms with E-state index in [2.05, 4.69) is 11.4 Å². The average molecular weight is 315 g/mol. The van der Waals surface area contributed by atoms with Crippen molar-refractivity contribution < 1.29 is 9.66 Å². The zero-order valence-electron chi connectivity index (χ0n) is 12.1. The zero-order chi connectivity index (χ0) is 15.1. The Labute approximate surface area is 132 Å². The maximum Gasteiger partial charge on any atom is 0.275 e. The molecule has 0 spiro atoms. The molecule has 0 saturated heterocycles. The molecule has 0 N–H and O–H groups in total. The average Bonchev–Trinajstić information content (AvgIpc) is 3.04. The summed E-state index contributed by atoms with van der Waals surface area (Å²) in [5, 5.41) is 13.4. The standard InChI is InChI=1S/C17H17NO3S/c19-18(20)14-7-3-1-5-11(14)16-13-9-10-22-17(13)12-6-2-4-8-15(12)21-16/h1,3,5,7,9-10,12,15-16H,2,4,6,8H2/t12-,15-,16+/m0/s1. The van der Waals surface area contributed by atoms with Crippen LogP contribution in [0.4, 0.5) is 5.69 Å². The predicted molar refractivity (Wildman–Crippen MR) is 85.3 cm³/mol. The third kappa shape index (κ3) is 2.16. The quantitative estimate of drug-likeness (QED) is 0.590. The Hall–Kier alpha value is -1.72. The Morgan fingerprint density at radius 2 is 1.95 bits per heavy atom. The lowest BCUT2D eigenvalue weighted by Crippen LogP contribution is -2.32. The molecule has 2 aromatic rings. The molecule has 4 nitrogen and oxygen atoms in total. The summed E-state index contributed by atoms with van der Waals surface area (Å²) in [4.78, 5) is 12.4. The molecule has 114 valence electrons. The van der Waals surface area contributed by atoms with Crippen molar-refractivity contribution in [1.82, 2.24) is 0 Å². The molecule has 3 atom stereocenters. The molecule has 22 heavy (non-hydrogen) atoms. The molecule has 0 radical (unpaired) electrons. The fraction of sp³-hybridized carbons (Fsp3) is 0.412. The SMILES string of the molecule is O=[N+]([O-])c1ccccc1[C@H]1O[C@H]2CCCC[C@@H]2c2sccc21. The van der Waals surface area contributed by atoms with Crippen LogP contribution in [0.15, 0.2) is 35.7 Å². The highest BCUT2D eigenvalue weighted by Crippen LogP contribution is 2.49. The number of hydrogen-bond acceptors (Lipinski definition) is 4. The molecule has 1 aromatic heterocycles. The molecule has 1 aromatic carbocycles. The summed E-state index contributed by atoms with van der Waals surface area (Å²) >= 11 is 1.77. The topological polar surface area (TPSA) is 52.4 Å². The van der Waals surface area contributed by atoms with Crippen molar-refractivity contribution in [1.29, 1.82) is 0 Å². The minimum absolute atomic E-state index is 0.152. The molecule has 2 aliphatic rings. The van der Waals surface area contributed by atoms with Gasteiger partial charge >= 0.3 is 0 Å². The van der Waals surface area contributed by atoms with E-state index in [4.69, 9.17) is 4.74 Å². The first kappa shape index (κ1) is 13.9. The Morgan fingerprint density at radius 3 is 2.82 bits per heavy atom. The van der Waals surface area contributed by atoms with Crippen molar-refractivity contribution in [2.75, 3.05) is 0 Å². The van der Waals surface area contributed by atoms with Crippen LogP contribution in [0.1, 0.15) is 53.7 Å². The first-order valence-electron chi connectivity index (χ1n) is 7.72. The number of ether oxygens (including phenoxy) is 1. The van der Waals surface area contributed by atoms with E-state index >= 15 is 0 Å². The summed E-state index contributed by atoms with van der Waals surface area (Å²) in [6, 6.07) is 9.03. The van der Waals surface area contributed by atoms with Crippen molar-refractivity contribution in [2.24, 2.45) is 0 Å². The Bertz CT molecular complexity index is 711. The summed E-state index contributed by atoms with van der Waals surface area (Å²) in [6.45, 7) is 0. The molecule has 4 rings (SSSR count). The molecule has 1 fully saturated rings. The van der Waals surface area contributed by atoms with Crippen LogP contribution in [-0.4, -0.2) is 11.0 Å². The van der Waals surface area contributed by atoms with Gasteiger partial charge in [-0.15, -0.1) is 11.3 Å². The van der Waals surface area contributed by atoms with Gasteiger partial charge in [-0.2, -0.15) is 0 Å². The van der Waals surface area contributed by atoms with E-state index in [9.17, 15) is 10.1 Å². The minimum atomic E-state index is -0.308. The maximum atomic E-state index is 11.4. The summed E-state index contributed by atoms with van der Waals surface area (Å²) < 4.78 is 6.35. The Kier molecular flexibility index (Phi) is 3.47. The monoisotopic (exact) mass is 315 g/mol. The predicted octanol–water partition coefficient (Wildman–Crippen LogP) is 4.80. The second kappa shape index (κ2) is 5.48. The van der Waals surface area contributed by atoms with Crippen molar-refractivity contribution in [3.8, 4) is 0 Å². The van der Waals surface area contributed by atoms with E-state index in [1.165, 1.54) is 24.1 Å². The number of nitro benzene ring substituents is 1. The van der Waals surface area contributed by atoms with Crippen LogP contribution >= 0.6 is 11.3 Å². The fourth-order valence-electron chi connectivity index (χ4n) is 3.77. The van der Waals surface area contributed by atoms with Gasteiger partial charge in [0.1, 0.15) is 6.10 Å². The van der Waals surface area contributed by atoms with Gasteiger partial charge in [-0.1, -0.05) is 25.0 Å². The molecular formula is C17H17NO3S. The number of fused-ring (bicyclic) bond motifs is 3. The van der Waals surface area contributed by atoms with E-state index in [-0.39, 0.29) is 22.8 Å². The molecule has 0 unspecified atom stereocenters. The number of thiophene rings is 1. The van der Waals surface area contributed by atoms with Crippen molar-refractivity contribution >= 4 is 17.0 Å². The van der Waals surface area contributed by atoms with Gasteiger partial charge in [0.15, 0.2) is 0 Å². The molecule has 1 aliphatic carbocycles. The fourth-order valence-corrected chi connectivity index (χ4v) is 4.89. The van der Waals surface area contributed by atoms with Gasteiger partial charge in [-0.05, 0) is 35.9 Å². The van der Waals surface area contributed by atoms with Crippen LogP contribution in [-0.2, 0) is 4.74 Å². The third-order valence-electron chi connectivity index (χ3n) is 4.78. The number of rotatable bonds is 2. The normalized spacial score (nSPS) is 27.0. The summed E-state index contributed by atoms with van der Waals surface area (Å²) in [5.74, 6) is 0.475. The number of nitro groups is 1. The molecule has 0 bridgehead atoms. The Morgan fingerprint density at radius 1 is 1.14 bits per heavy atom. The van der Waals surface area contributed by atoms with E-state index in [1.54, 1.807) is 23.5 Å². The van der Waals surface area contributed by atoms with Crippen LogP contribution in [0.25, 0.3) is 0 Å². The molecule has 2 heterocycles. The molecule has 5 heteroatoms. The second-order valence-electron chi connectivity index (χ2n) is 6.00. The van der Waals surface area contributed by atoms with Gasteiger partial charge in [0.05, 0.1) is 16.6 Å². The largest absolute Gasteiger partial charge is 0.365 e. The second-order valence-corrected chi connectivity index (χ2v) is 6.95. The highest BCUT2D eigenvalue weighted by molar-refractivity contribution is 7.10. The van der Waals surface area contributed by atoms with E-state index in [1.807, 2.05) is 12.1 Å². The lowest BCUT2D eigenvalue weighted by molar-refractivity contribution is -0.386. The van der Waals surface area contributed by atoms with Gasteiger partial charge in [-0.3, -0.25) is 10.1 Å². The third-order valence-corrected chi connectivity index (χ3v) is 5.84. The summed E-state index contributed by atoms with van der Waals surface area (Å²) in [5.41, 5.74) is 1.96. The van der Waals surface area contributed by atoms with Crippen LogP contribution in [0.5, 0.6) is 0 Å². The minimum Gasteiger partial charge on any atom is -0.365 e. The van der Waals surface area contributed by atoms with Gasteiger partial charge in [-0.25, -0.2) is 0 Å². The van der Waals surface area contributed by atoms with E-state index < -0.39 is 0 Å². The number of benzene rings is 1. The van der Waals surface area contributed by atoms with Gasteiger partial charge in [0.25, 0.3) is 5.69 Å². The van der Waals surface area contributed by atoms with Crippen molar-refractivity contribution in [3.63, 3.8) is 0 Å².